The van der Waals surface area contributed by atoms with Crippen molar-refractivity contribution in [1.82, 2.24) is 0 Å². The van der Waals surface area contributed by atoms with Gasteiger partial charge in [-0.2, -0.15) is 0 Å². The molecule has 1 aliphatic rings. The zero-order chi connectivity index (χ0) is 21.3. The fraction of sp³-hybridized carbons (Fsp3) is 0.333. The highest BCUT2D eigenvalue weighted by atomic mass is 16.5. The van der Waals surface area contributed by atoms with Crippen molar-refractivity contribution < 1.29 is 23.9 Å². The van der Waals surface area contributed by atoms with Crippen molar-refractivity contribution in [2.45, 2.75) is 46.0 Å². The number of Topliss-reactive ketones (excluding diaryl/α,β-unsaturated/α-hetero) is 3. The van der Waals surface area contributed by atoms with E-state index in [1.807, 2.05) is 32.9 Å². The molecule has 1 aliphatic carbocycles. The summed E-state index contributed by atoms with van der Waals surface area (Å²) in [7, 11) is 0. The third kappa shape index (κ3) is 3.53. The lowest BCUT2D eigenvalue weighted by atomic mass is 9.81. The SMILES string of the molecule is CCCC(=O)C(=O)c1ccc2c(c1)C(C)(C)c1cc(C(=O)C(=O)OCC)ccc1-2. The molecular formula is C24H24O5. The molecule has 3 rings (SSSR count). The summed E-state index contributed by atoms with van der Waals surface area (Å²) in [5, 5.41) is 0. The predicted octanol–water partition coefficient (Wildman–Crippen LogP) is 4.29. The molecule has 0 aromatic heterocycles. The Hall–Kier alpha value is -3.08. The summed E-state index contributed by atoms with van der Waals surface area (Å²) in [6, 6.07) is 10.5. The Morgan fingerprint density at radius 1 is 0.828 bits per heavy atom. The number of benzene rings is 2. The average Bonchev–Trinajstić information content (AvgIpc) is 2.93. The van der Waals surface area contributed by atoms with Gasteiger partial charge in [-0.15, -0.1) is 0 Å². The van der Waals surface area contributed by atoms with Gasteiger partial charge in [0.2, 0.25) is 11.6 Å². The van der Waals surface area contributed by atoms with E-state index in [9.17, 15) is 19.2 Å². The van der Waals surface area contributed by atoms with Crippen LogP contribution in [0.3, 0.4) is 0 Å². The summed E-state index contributed by atoms with van der Waals surface area (Å²) in [6.07, 6.45) is 0.864. The highest BCUT2D eigenvalue weighted by Gasteiger charge is 2.37. The van der Waals surface area contributed by atoms with Crippen molar-refractivity contribution >= 4 is 23.3 Å². The van der Waals surface area contributed by atoms with Gasteiger partial charge in [0.05, 0.1) is 6.61 Å². The fourth-order valence-electron chi connectivity index (χ4n) is 3.84. The van der Waals surface area contributed by atoms with Crippen LogP contribution in [-0.2, 0) is 19.7 Å². The molecule has 0 atom stereocenters. The van der Waals surface area contributed by atoms with Crippen molar-refractivity contribution in [3.8, 4) is 11.1 Å². The molecule has 0 saturated carbocycles. The van der Waals surface area contributed by atoms with Gasteiger partial charge in [0, 0.05) is 23.0 Å². The molecule has 0 amide bonds. The van der Waals surface area contributed by atoms with E-state index >= 15 is 0 Å². The number of ether oxygens (including phenoxy) is 1. The zero-order valence-electron chi connectivity index (χ0n) is 17.1. The topological polar surface area (TPSA) is 77.5 Å². The van der Waals surface area contributed by atoms with Gasteiger partial charge in [0.15, 0.2) is 0 Å². The lowest BCUT2D eigenvalue weighted by molar-refractivity contribution is -0.137. The second kappa shape index (κ2) is 7.74. The van der Waals surface area contributed by atoms with Crippen LogP contribution >= 0.6 is 0 Å². The third-order valence-corrected chi connectivity index (χ3v) is 5.39. The first-order valence-corrected chi connectivity index (χ1v) is 9.80. The quantitative estimate of drug-likeness (QED) is 0.399. The van der Waals surface area contributed by atoms with Crippen LogP contribution in [0.2, 0.25) is 0 Å². The summed E-state index contributed by atoms with van der Waals surface area (Å²) in [4.78, 5) is 48.6. The second-order valence-corrected chi connectivity index (χ2v) is 7.70. The molecule has 0 aliphatic heterocycles. The number of hydrogen-bond acceptors (Lipinski definition) is 5. The molecule has 29 heavy (non-hydrogen) atoms. The molecular weight excluding hydrogens is 368 g/mol. The molecule has 0 radical (unpaired) electrons. The summed E-state index contributed by atoms with van der Waals surface area (Å²) in [6.45, 7) is 7.65. The van der Waals surface area contributed by atoms with E-state index in [1.165, 1.54) is 0 Å². The van der Waals surface area contributed by atoms with Crippen molar-refractivity contribution in [2.75, 3.05) is 6.61 Å². The number of esters is 1. The van der Waals surface area contributed by atoms with Crippen LogP contribution in [0, 0.1) is 0 Å². The minimum atomic E-state index is -0.872. The first-order valence-electron chi connectivity index (χ1n) is 9.80. The van der Waals surface area contributed by atoms with E-state index in [2.05, 4.69) is 0 Å². The van der Waals surface area contributed by atoms with Gasteiger partial charge in [0.25, 0.3) is 5.78 Å². The molecule has 2 aromatic rings. The van der Waals surface area contributed by atoms with E-state index in [0.29, 0.717) is 12.0 Å². The van der Waals surface area contributed by atoms with Crippen LogP contribution in [0.15, 0.2) is 36.4 Å². The Bertz CT molecular complexity index is 948. The van der Waals surface area contributed by atoms with Gasteiger partial charge in [0.1, 0.15) is 0 Å². The maximum atomic E-state index is 12.5. The van der Waals surface area contributed by atoms with Crippen molar-refractivity contribution in [2.24, 2.45) is 0 Å². The molecule has 0 unspecified atom stereocenters. The highest BCUT2D eigenvalue weighted by molar-refractivity contribution is 6.43. The minimum absolute atomic E-state index is 0.139. The first kappa shape index (κ1) is 20.6. The van der Waals surface area contributed by atoms with Crippen molar-refractivity contribution in [3.05, 3.63) is 58.7 Å². The maximum absolute atomic E-state index is 12.5. The monoisotopic (exact) mass is 392 g/mol. The van der Waals surface area contributed by atoms with Gasteiger partial charge in [-0.25, -0.2) is 4.79 Å². The molecule has 0 heterocycles. The van der Waals surface area contributed by atoms with E-state index in [0.717, 1.165) is 22.3 Å². The second-order valence-electron chi connectivity index (χ2n) is 7.70. The Balaban J connectivity index is 2.02. The third-order valence-electron chi connectivity index (χ3n) is 5.39. The average molecular weight is 392 g/mol. The van der Waals surface area contributed by atoms with E-state index in [1.54, 1.807) is 31.2 Å². The van der Waals surface area contributed by atoms with Crippen molar-refractivity contribution in [3.63, 3.8) is 0 Å². The largest absolute Gasteiger partial charge is 0.460 e. The van der Waals surface area contributed by atoms with Gasteiger partial charge in [-0.05, 0) is 47.7 Å². The Morgan fingerprint density at radius 3 is 1.83 bits per heavy atom. The van der Waals surface area contributed by atoms with Gasteiger partial charge >= 0.3 is 5.97 Å². The summed E-state index contributed by atoms with van der Waals surface area (Å²) in [5.41, 5.74) is 3.89. The number of hydrogen-bond donors (Lipinski definition) is 0. The van der Waals surface area contributed by atoms with Crippen LogP contribution in [0.25, 0.3) is 11.1 Å². The zero-order valence-corrected chi connectivity index (χ0v) is 17.1. The van der Waals surface area contributed by atoms with Crippen LogP contribution < -0.4 is 0 Å². The molecule has 0 saturated heterocycles. The van der Waals surface area contributed by atoms with Gasteiger partial charge in [-0.3, -0.25) is 14.4 Å². The molecule has 0 fully saturated rings. The Labute approximate surface area is 170 Å². The lowest BCUT2D eigenvalue weighted by Crippen LogP contribution is -2.20. The normalized spacial score (nSPS) is 13.4. The fourth-order valence-corrected chi connectivity index (χ4v) is 3.84. The summed E-state index contributed by atoms with van der Waals surface area (Å²) < 4.78 is 4.82. The molecule has 5 heteroatoms. The minimum Gasteiger partial charge on any atom is -0.460 e. The summed E-state index contributed by atoms with van der Waals surface area (Å²) in [5.74, 6) is -2.41. The number of fused-ring (bicyclic) bond motifs is 3. The molecule has 2 aromatic carbocycles. The van der Waals surface area contributed by atoms with Gasteiger partial charge < -0.3 is 4.74 Å². The van der Waals surface area contributed by atoms with Crippen LogP contribution in [0.1, 0.15) is 72.4 Å². The van der Waals surface area contributed by atoms with E-state index in [-0.39, 0.29) is 24.4 Å². The maximum Gasteiger partial charge on any atom is 0.379 e. The Morgan fingerprint density at radius 2 is 1.34 bits per heavy atom. The predicted molar refractivity (Wildman–Crippen MR) is 109 cm³/mol. The Kier molecular flexibility index (Phi) is 5.51. The summed E-state index contributed by atoms with van der Waals surface area (Å²) >= 11 is 0. The molecule has 5 nitrogen and oxygen atoms in total. The number of carbonyl (C=O) groups excluding carboxylic acids is 4. The first-order chi connectivity index (χ1) is 13.7. The number of rotatable bonds is 7. The van der Waals surface area contributed by atoms with Crippen LogP contribution in [-0.4, -0.2) is 29.9 Å². The van der Waals surface area contributed by atoms with Crippen LogP contribution in [0.4, 0.5) is 0 Å². The lowest BCUT2D eigenvalue weighted by Gasteiger charge is -2.22. The number of carbonyl (C=O) groups is 4. The highest BCUT2D eigenvalue weighted by Crippen LogP contribution is 2.49. The molecule has 150 valence electrons. The number of ketones is 3. The van der Waals surface area contributed by atoms with E-state index in [4.69, 9.17) is 4.74 Å². The van der Waals surface area contributed by atoms with Crippen molar-refractivity contribution in [1.29, 1.82) is 0 Å². The molecule has 0 bridgehead atoms. The van der Waals surface area contributed by atoms with Crippen LogP contribution in [0.5, 0.6) is 0 Å². The van der Waals surface area contributed by atoms with E-state index < -0.39 is 23.0 Å². The van der Waals surface area contributed by atoms with Gasteiger partial charge in [-0.1, -0.05) is 45.0 Å². The standard InChI is InChI=1S/C24H24O5/c1-5-7-20(25)21(26)14-8-10-16-17-11-9-15(22(27)23(28)29-6-2)13-19(17)24(3,4)18(16)12-14/h8-13H,5-7H2,1-4H3. The molecule has 0 spiro atoms. The smallest absolute Gasteiger partial charge is 0.379 e. The molecule has 0 N–H and O–H groups in total.